The fraction of sp³-hybridized carbons (Fsp3) is 0.370. The minimum atomic E-state index is -0.206. The van der Waals surface area contributed by atoms with Gasteiger partial charge in [0.05, 0.1) is 18.7 Å². The van der Waals surface area contributed by atoms with Crippen LogP contribution in [-0.2, 0) is 0 Å². The molecule has 1 N–H and O–H groups in total. The number of aliphatic hydroxyl groups excluding tert-OH is 1. The molecule has 1 unspecified atom stereocenters. The largest absolute Gasteiger partial charge is 0.493 e. The average molecular weight is 461 g/mol. The van der Waals surface area contributed by atoms with Crippen LogP contribution in [0.15, 0.2) is 53.1 Å². The van der Waals surface area contributed by atoms with Gasteiger partial charge >= 0.3 is 0 Å². The zero-order valence-corrected chi connectivity index (χ0v) is 19.4. The van der Waals surface area contributed by atoms with Crippen molar-refractivity contribution in [2.75, 3.05) is 33.4 Å². The van der Waals surface area contributed by atoms with Crippen molar-refractivity contribution in [3.8, 4) is 23.0 Å². The topological polar surface area (TPSA) is 77.2 Å². The molecular formula is C27H28N2O5. The molecule has 0 amide bonds. The second kappa shape index (κ2) is 8.18. The number of hydrogen-bond acceptors (Lipinski definition) is 7. The van der Waals surface area contributed by atoms with Gasteiger partial charge in [0.15, 0.2) is 11.5 Å². The van der Waals surface area contributed by atoms with Gasteiger partial charge in [-0.25, -0.2) is 0 Å². The van der Waals surface area contributed by atoms with Crippen molar-refractivity contribution >= 4 is 21.9 Å². The molecule has 2 aromatic heterocycles. The van der Waals surface area contributed by atoms with Crippen LogP contribution in [0.3, 0.4) is 0 Å². The smallest absolute Gasteiger partial charge is 0.163 e. The van der Waals surface area contributed by atoms with Crippen LogP contribution in [0.4, 0.5) is 0 Å². The Morgan fingerprint density at radius 2 is 2.00 bits per heavy atom. The third kappa shape index (κ3) is 3.85. The summed E-state index contributed by atoms with van der Waals surface area (Å²) in [5.74, 6) is 3.51. The van der Waals surface area contributed by atoms with E-state index in [-0.39, 0.29) is 11.5 Å². The van der Waals surface area contributed by atoms with E-state index in [9.17, 15) is 5.11 Å². The van der Waals surface area contributed by atoms with Crippen LogP contribution in [0.5, 0.6) is 23.0 Å². The number of aliphatic hydroxyl groups is 1. The lowest BCUT2D eigenvalue weighted by Gasteiger charge is -2.17. The van der Waals surface area contributed by atoms with Crippen LogP contribution in [0, 0.1) is 12.3 Å². The number of ether oxygens (including phenoxy) is 3. The molecule has 0 bridgehead atoms. The minimum Gasteiger partial charge on any atom is -0.493 e. The number of nitrogens with zero attached hydrogens (tertiary/aromatic N) is 2. The normalized spacial score (nSPS) is 19.2. The highest BCUT2D eigenvalue weighted by Crippen LogP contribution is 2.52. The molecule has 4 aromatic rings. The summed E-state index contributed by atoms with van der Waals surface area (Å²) < 4.78 is 23.7. The van der Waals surface area contributed by atoms with Crippen LogP contribution >= 0.6 is 0 Å². The second-order valence-electron chi connectivity index (χ2n) is 9.45. The van der Waals surface area contributed by atoms with Gasteiger partial charge in [-0.1, -0.05) is 0 Å². The average Bonchev–Trinajstić information content (AvgIpc) is 3.41. The third-order valence-corrected chi connectivity index (χ3v) is 7.06. The number of rotatable bonds is 7. The Labute approximate surface area is 197 Å². The SMILES string of the molecule is COc1cc2c(Oc3ccc4cc(C)oc4c3)ccnc2cc1OCCN1CC(O)C2(CC2)C1. The number of β-amino-alcohol motifs (C(OH)–C–C–N with tert-alkyl or cyclic N) is 1. The molecule has 7 heteroatoms. The van der Waals surface area contributed by atoms with Crippen LogP contribution < -0.4 is 14.2 Å². The molecule has 176 valence electrons. The van der Waals surface area contributed by atoms with Gasteiger partial charge in [0, 0.05) is 54.2 Å². The van der Waals surface area contributed by atoms with Gasteiger partial charge in [0.2, 0.25) is 0 Å². The highest BCUT2D eigenvalue weighted by atomic mass is 16.5. The highest BCUT2D eigenvalue weighted by Gasteiger charge is 2.54. The number of pyridine rings is 1. The van der Waals surface area contributed by atoms with Crippen molar-refractivity contribution in [1.82, 2.24) is 9.88 Å². The number of furan rings is 1. The summed E-state index contributed by atoms with van der Waals surface area (Å²) >= 11 is 0. The highest BCUT2D eigenvalue weighted by molar-refractivity contribution is 5.88. The molecule has 2 fully saturated rings. The van der Waals surface area contributed by atoms with E-state index in [0.29, 0.717) is 29.6 Å². The molecule has 2 aliphatic rings. The van der Waals surface area contributed by atoms with E-state index in [0.717, 1.165) is 60.1 Å². The number of aromatic nitrogens is 1. The Bertz CT molecular complexity index is 1360. The molecule has 1 saturated carbocycles. The van der Waals surface area contributed by atoms with Crippen molar-refractivity contribution in [2.45, 2.75) is 25.9 Å². The lowest BCUT2D eigenvalue weighted by molar-refractivity contribution is 0.130. The molecule has 6 rings (SSSR count). The zero-order chi connectivity index (χ0) is 23.3. The number of hydrogen-bond donors (Lipinski definition) is 1. The summed E-state index contributed by atoms with van der Waals surface area (Å²) in [6.45, 7) is 4.90. The molecule has 1 saturated heterocycles. The van der Waals surface area contributed by atoms with Gasteiger partial charge < -0.3 is 23.7 Å². The Morgan fingerprint density at radius 1 is 1.12 bits per heavy atom. The molecule has 7 nitrogen and oxygen atoms in total. The first-order valence-corrected chi connectivity index (χ1v) is 11.7. The van der Waals surface area contributed by atoms with Crippen LogP contribution in [0.25, 0.3) is 21.9 Å². The molecule has 1 aliphatic heterocycles. The maximum atomic E-state index is 10.3. The Balaban J connectivity index is 1.20. The van der Waals surface area contributed by atoms with Crippen molar-refractivity contribution in [2.24, 2.45) is 5.41 Å². The van der Waals surface area contributed by atoms with Gasteiger partial charge in [0.1, 0.15) is 29.4 Å². The molecule has 1 atom stereocenters. The van der Waals surface area contributed by atoms with Gasteiger partial charge in [-0.3, -0.25) is 9.88 Å². The second-order valence-corrected chi connectivity index (χ2v) is 9.45. The summed E-state index contributed by atoms with van der Waals surface area (Å²) in [5, 5.41) is 12.1. The quantitative estimate of drug-likeness (QED) is 0.419. The number of likely N-dealkylation sites (tertiary alicyclic amines) is 1. The van der Waals surface area contributed by atoms with Crippen LogP contribution in [0.1, 0.15) is 18.6 Å². The molecule has 0 radical (unpaired) electrons. The number of methoxy groups -OCH3 is 1. The fourth-order valence-electron chi connectivity index (χ4n) is 4.98. The maximum absolute atomic E-state index is 10.3. The van der Waals surface area contributed by atoms with Crippen molar-refractivity contribution in [1.29, 1.82) is 0 Å². The van der Waals surface area contributed by atoms with E-state index in [1.165, 1.54) is 0 Å². The number of benzene rings is 2. The van der Waals surface area contributed by atoms with Crippen LogP contribution in [0.2, 0.25) is 0 Å². The van der Waals surface area contributed by atoms with E-state index < -0.39 is 0 Å². The molecule has 34 heavy (non-hydrogen) atoms. The van der Waals surface area contributed by atoms with Gasteiger partial charge in [0.25, 0.3) is 0 Å². The minimum absolute atomic E-state index is 0.154. The van der Waals surface area contributed by atoms with Gasteiger partial charge in [-0.15, -0.1) is 0 Å². The predicted molar refractivity (Wildman–Crippen MR) is 129 cm³/mol. The summed E-state index contributed by atoms with van der Waals surface area (Å²) in [5.41, 5.74) is 1.71. The first-order valence-electron chi connectivity index (χ1n) is 11.7. The molecule has 1 spiro atoms. The summed E-state index contributed by atoms with van der Waals surface area (Å²) in [6.07, 6.45) is 3.79. The van der Waals surface area contributed by atoms with Crippen molar-refractivity contribution in [3.05, 3.63) is 54.4 Å². The van der Waals surface area contributed by atoms with Crippen molar-refractivity contribution in [3.63, 3.8) is 0 Å². The lowest BCUT2D eigenvalue weighted by Crippen LogP contribution is -2.27. The van der Waals surface area contributed by atoms with E-state index in [1.54, 1.807) is 13.3 Å². The first-order chi connectivity index (χ1) is 16.5. The Kier molecular flexibility index (Phi) is 5.12. The van der Waals surface area contributed by atoms with E-state index in [2.05, 4.69) is 9.88 Å². The lowest BCUT2D eigenvalue weighted by atomic mass is 10.0. The monoisotopic (exact) mass is 460 g/mol. The van der Waals surface area contributed by atoms with E-state index >= 15 is 0 Å². The Morgan fingerprint density at radius 3 is 2.79 bits per heavy atom. The summed E-state index contributed by atoms with van der Waals surface area (Å²) in [7, 11) is 1.63. The number of aryl methyl sites for hydroxylation is 1. The molecule has 3 heterocycles. The van der Waals surface area contributed by atoms with E-state index in [1.807, 2.05) is 49.4 Å². The first kappa shape index (κ1) is 21.3. The standard InChI is InChI=1S/C27H28N2O5/c1-17-11-18-3-4-19(12-23(18)33-17)34-22-5-8-28-21-14-25(24(31-2)13-20(21)22)32-10-9-29-15-26(30)27(16-29)6-7-27/h3-5,8,11-14,26,30H,6-7,9-10,15-16H2,1-2H3. The van der Waals surface area contributed by atoms with Gasteiger partial charge in [-0.05, 0) is 50.1 Å². The molecule has 2 aromatic carbocycles. The molecular weight excluding hydrogens is 432 g/mol. The fourth-order valence-corrected chi connectivity index (χ4v) is 4.98. The Hall–Kier alpha value is -3.29. The van der Waals surface area contributed by atoms with Gasteiger partial charge in [-0.2, -0.15) is 0 Å². The van der Waals surface area contributed by atoms with Crippen LogP contribution in [-0.4, -0.2) is 54.4 Å². The zero-order valence-electron chi connectivity index (χ0n) is 19.4. The summed E-state index contributed by atoms with van der Waals surface area (Å²) in [4.78, 5) is 6.80. The van der Waals surface area contributed by atoms with Crippen molar-refractivity contribution < 1.29 is 23.7 Å². The van der Waals surface area contributed by atoms with E-state index in [4.69, 9.17) is 18.6 Å². The summed E-state index contributed by atoms with van der Waals surface area (Å²) in [6, 6.07) is 13.4. The maximum Gasteiger partial charge on any atom is 0.163 e. The third-order valence-electron chi connectivity index (χ3n) is 7.06. The number of fused-ring (bicyclic) bond motifs is 2. The predicted octanol–water partition coefficient (Wildman–Crippen LogP) is 4.93. The molecule has 1 aliphatic carbocycles.